The van der Waals surface area contributed by atoms with E-state index < -0.39 is 13.3 Å². The Morgan fingerprint density at radius 2 is 0.803 bits per heavy atom. The van der Waals surface area contributed by atoms with E-state index in [0.29, 0.717) is 0 Å². The van der Waals surface area contributed by atoms with Crippen LogP contribution in [-0.4, -0.2) is 29.1 Å². The second-order valence-corrected chi connectivity index (χ2v) is 25.5. The molecule has 0 spiro atoms. The van der Waals surface area contributed by atoms with E-state index in [0.717, 1.165) is 61.8 Å². The van der Waals surface area contributed by atoms with E-state index in [2.05, 4.69) is 246 Å². The van der Waals surface area contributed by atoms with Crippen LogP contribution >= 0.6 is 0 Å². The Balaban J connectivity index is 1.11. The van der Waals surface area contributed by atoms with E-state index in [1.165, 1.54) is 50.2 Å². The fraction of sp³-hybridized carbons (Fsp3) is 0. The predicted octanol–water partition coefficient (Wildman–Crippen LogP) is 9.99. The Bertz CT molecular complexity index is 3680. The molecular weight excluding hydrogens is 864 g/mol. The van der Waals surface area contributed by atoms with Crippen LogP contribution in [0.15, 0.2) is 237 Å². The number of fused-ring (bicyclic) bond motifs is 10. The number of aromatic nitrogens is 2. The van der Waals surface area contributed by atoms with Crippen LogP contribution in [0.1, 0.15) is 0 Å². The van der Waals surface area contributed by atoms with Gasteiger partial charge in [-0.05, 0) is 0 Å². The van der Waals surface area contributed by atoms with Gasteiger partial charge in [0.25, 0.3) is 0 Å². The number of ether oxygens (including phenoxy) is 2. The van der Waals surface area contributed by atoms with Crippen LogP contribution in [0.25, 0.3) is 55.0 Å². The van der Waals surface area contributed by atoms with Gasteiger partial charge in [-0.3, -0.25) is 0 Å². The Hall–Kier alpha value is -7.99. The van der Waals surface area contributed by atoms with Crippen LogP contribution < -0.4 is 43.4 Å². The molecule has 4 heterocycles. The molecular formula is C60H39BGeN2O2. The first-order chi connectivity index (χ1) is 32.8. The van der Waals surface area contributed by atoms with Crippen molar-refractivity contribution >= 4 is 97.6 Å². The number of rotatable bonds is 6. The average molecular weight is 903 g/mol. The number of benzene rings is 10. The maximum atomic E-state index is 6.94. The Morgan fingerprint density at radius 3 is 1.36 bits per heavy atom. The summed E-state index contributed by atoms with van der Waals surface area (Å²) < 4.78 is 24.3. The SMILES string of the molecule is c1cc[c]([Ge]([c]2ccccc2)([c]2ccccc2)[c]2ccc3c(c2)c2cccc(-n4c5ccccc5c5ccccc54)c2n3-c2cc3c4c(c2)Oc2ccccc2B4c2ccccc2O3)cc1. The monoisotopic (exact) mass is 904 g/mol. The summed E-state index contributed by atoms with van der Waals surface area (Å²) in [5, 5.41) is 4.83. The average Bonchev–Trinajstić information content (AvgIpc) is 3.90. The summed E-state index contributed by atoms with van der Waals surface area (Å²) >= 11 is -3.66. The molecule has 0 unspecified atom stereocenters. The molecule has 12 aromatic rings. The van der Waals surface area contributed by atoms with E-state index in [4.69, 9.17) is 9.47 Å². The van der Waals surface area contributed by atoms with Gasteiger partial charge < -0.3 is 0 Å². The molecule has 308 valence electrons. The van der Waals surface area contributed by atoms with Gasteiger partial charge in [0.1, 0.15) is 0 Å². The van der Waals surface area contributed by atoms with Gasteiger partial charge in [0, 0.05) is 0 Å². The first-order valence-corrected chi connectivity index (χ1v) is 26.9. The summed E-state index contributed by atoms with van der Waals surface area (Å²) in [6, 6.07) is 86.9. The summed E-state index contributed by atoms with van der Waals surface area (Å²) in [6.07, 6.45) is 0. The standard InChI is InChI=1S/C60H39BGeN2O2/c1-4-19-40(20-5-1)62(41-21-6-2-7-22-41,42-23-8-3-9-24-42)43-35-36-53-48(37-43)47-27-18-32-54(64-51-30-14-10-25-45(51)46-26-11-15-31-52(46)64)60(47)63(53)44-38-57-59-58(39-44)66-56-34-17-13-29-50(56)61(59)49-28-12-16-33-55(49)65-57/h1-39H. The van der Waals surface area contributed by atoms with Gasteiger partial charge in [0.15, 0.2) is 0 Å². The fourth-order valence-corrected chi connectivity index (χ4v) is 21.5. The number of hydrogen-bond acceptors (Lipinski definition) is 2. The third-order valence-corrected chi connectivity index (χ3v) is 24.2. The zero-order valence-electron chi connectivity index (χ0n) is 35.8. The van der Waals surface area contributed by atoms with Crippen molar-refractivity contribution in [1.82, 2.24) is 9.13 Å². The molecule has 0 atom stereocenters. The van der Waals surface area contributed by atoms with Gasteiger partial charge in [0.2, 0.25) is 0 Å². The van der Waals surface area contributed by atoms with Gasteiger partial charge in [-0.2, -0.15) is 0 Å². The Kier molecular flexibility index (Phi) is 8.22. The van der Waals surface area contributed by atoms with Crippen molar-refractivity contribution < 1.29 is 9.47 Å². The van der Waals surface area contributed by atoms with E-state index in [9.17, 15) is 0 Å². The second-order valence-electron chi connectivity index (χ2n) is 17.5. The van der Waals surface area contributed by atoms with Crippen LogP contribution in [0.3, 0.4) is 0 Å². The predicted molar refractivity (Wildman–Crippen MR) is 276 cm³/mol. The van der Waals surface area contributed by atoms with Crippen molar-refractivity contribution in [3.63, 3.8) is 0 Å². The van der Waals surface area contributed by atoms with Gasteiger partial charge in [-0.15, -0.1) is 0 Å². The maximum absolute atomic E-state index is 6.94. The molecule has 0 saturated carbocycles. The van der Waals surface area contributed by atoms with E-state index in [1.807, 2.05) is 0 Å². The van der Waals surface area contributed by atoms with Crippen molar-refractivity contribution in [2.75, 3.05) is 0 Å². The molecule has 0 N–H and O–H groups in total. The molecule has 0 saturated heterocycles. The molecule has 10 aromatic carbocycles. The van der Waals surface area contributed by atoms with Gasteiger partial charge >= 0.3 is 375 Å². The molecule has 0 aliphatic carbocycles. The minimum atomic E-state index is -3.66. The van der Waals surface area contributed by atoms with Crippen molar-refractivity contribution in [2.24, 2.45) is 0 Å². The molecule has 0 amide bonds. The van der Waals surface area contributed by atoms with E-state index in [1.54, 1.807) is 0 Å². The molecule has 2 aliphatic rings. The van der Waals surface area contributed by atoms with Crippen molar-refractivity contribution in [3.05, 3.63) is 237 Å². The van der Waals surface area contributed by atoms with Crippen LogP contribution in [0.4, 0.5) is 0 Å². The second kappa shape index (κ2) is 14.5. The molecule has 0 bridgehead atoms. The minimum absolute atomic E-state index is 0.0124. The normalized spacial score (nSPS) is 12.8. The molecule has 2 aliphatic heterocycles. The molecule has 2 aromatic heterocycles. The van der Waals surface area contributed by atoms with Crippen LogP contribution in [-0.2, 0) is 0 Å². The fourth-order valence-electron chi connectivity index (χ4n) is 11.5. The van der Waals surface area contributed by atoms with Gasteiger partial charge in [-0.25, -0.2) is 0 Å². The van der Waals surface area contributed by atoms with Crippen LogP contribution in [0.5, 0.6) is 23.0 Å². The summed E-state index contributed by atoms with van der Waals surface area (Å²) in [5.41, 5.74) is 10.0. The number of nitrogens with zero attached hydrogens (tertiary/aromatic N) is 2. The van der Waals surface area contributed by atoms with Crippen molar-refractivity contribution in [3.8, 4) is 34.4 Å². The third-order valence-electron chi connectivity index (χ3n) is 14.2. The Morgan fingerprint density at radius 1 is 0.333 bits per heavy atom. The van der Waals surface area contributed by atoms with Crippen molar-refractivity contribution in [2.45, 2.75) is 0 Å². The molecule has 14 rings (SSSR count). The summed E-state index contributed by atoms with van der Waals surface area (Å²) in [6.45, 7) is -0.0124. The first kappa shape index (κ1) is 37.4. The number of hydrogen-bond donors (Lipinski definition) is 0. The van der Waals surface area contributed by atoms with Gasteiger partial charge in [-0.1, -0.05) is 12.1 Å². The summed E-state index contributed by atoms with van der Waals surface area (Å²) in [7, 11) is 0. The summed E-state index contributed by atoms with van der Waals surface area (Å²) in [4.78, 5) is 0. The molecule has 66 heavy (non-hydrogen) atoms. The molecule has 0 radical (unpaired) electrons. The summed E-state index contributed by atoms with van der Waals surface area (Å²) in [5.74, 6) is 3.37. The van der Waals surface area contributed by atoms with Crippen molar-refractivity contribution in [1.29, 1.82) is 0 Å². The van der Waals surface area contributed by atoms with E-state index in [-0.39, 0.29) is 6.71 Å². The van der Waals surface area contributed by atoms with Gasteiger partial charge in [0.05, 0.1) is 0 Å². The van der Waals surface area contributed by atoms with Crippen LogP contribution in [0, 0.1) is 0 Å². The molecule has 0 fully saturated rings. The first-order valence-electron chi connectivity index (χ1n) is 22.7. The zero-order chi connectivity index (χ0) is 43.3. The molecule has 4 nitrogen and oxygen atoms in total. The third kappa shape index (κ3) is 5.29. The topological polar surface area (TPSA) is 28.3 Å². The zero-order valence-corrected chi connectivity index (χ0v) is 37.9. The Labute approximate surface area is 385 Å². The van der Waals surface area contributed by atoms with Crippen LogP contribution in [0.2, 0.25) is 0 Å². The number of para-hydroxylation sites is 5. The molecule has 6 heteroatoms. The quantitative estimate of drug-likeness (QED) is 0.156. The van der Waals surface area contributed by atoms with E-state index >= 15 is 0 Å².